The molecule has 0 N–H and O–H groups in total. The lowest BCUT2D eigenvalue weighted by atomic mass is 10.1. The number of halogens is 3. The molecule has 0 spiro atoms. The van der Waals surface area contributed by atoms with Gasteiger partial charge in [-0.1, -0.05) is 18.2 Å². The van der Waals surface area contributed by atoms with Crippen LogP contribution < -0.4 is 4.90 Å². The van der Waals surface area contributed by atoms with E-state index >= 15 is 0 Å². The Kier molecular flexibility index (Phi) is 5.92. The Morgan fingerprint density at radius 2 is 1.79 bits per heavy atom. The van der Waals surface area contributed by atoms with Crippen molar-refractivity contribution in [3.63, 3.8) is 0 Å². The second-order valence-corrected chi connectivity index (χ2v) is 6.92. The van der Waals surface area contributed by atoms with Crippen LogP contribution in [0.2, 0.25) is 0 Å². The van der Waals surface area contributed by atoms with E-state index in [-0.39, 0.29) is 24.0 Å². The molecule has 2 aromatic rings. The predicted molar refractivity (Wildman–Crippen MR) is 100 cm³/mol. The van der Waals surface area contributed by atoms with Crippen molar-refractivity contribution in [3.05, 3.63) is 47.8 Å². The smallest absolute Gasteiger partial charge is 0.320 e. The van der Waals surface area contributed by atoms with Crippen molar-refractivity contribution >= 4 is 17.6 Å². The minimum atomic E-state index is -4.39. The van der Waals surface area contributed by atoms with Gasteiger partial charge in [0.05, 0.1) is 23.6 Å². The van der Waals surface area contributed by atoms with Gasteiger partial charge >= 0.3 is 12.2 Å². The minimum Gasteiger partial charge on any atom is -0.320 e. The molecule has 0 saturated carbocycles. The van der Waals surface area contributed by atoms with E-state index in [0.29, 0.717) is 31.9 Å². The molecule has 3 rings (SSSR count). The van der Waals surface area contributed by atoms with E-state index in [2.05, 4.69) is 5.10 Å². The maximum absolute atomic E-state index is 13.2. The third-order valence-electron chi connectivity index (χ3n) is 4.98. The topological polar surface area (TPSA) is 61.7 Å². The first-order valence-electron chi connectivity index (χ1n) is 9.12. The third kappa shape index (κ3) is 4.76. The lowest BCUT2D eigenvalue weighted by Crippen LogP contribution is -2.49. The van der Waals surface area contributed by atoms with Gasteiger partial charge in [-0.05, 0) is 11.6 Å². The van der Waals surface area contributed by atoms with E-state index in [0.717, 1.165) is 6.07 Å². The number of amides is 2. The van der Waals surface area contributed by atoms with E-state index in [4.69, 9.17) is 0 Å². The fraction of sp³-hybridized carbons (Fsp3) is 0.421. The van der Waals surface area contributed by atoms with Crippen molar-refractivity contribution in [2.45, 2.75) is 19.6 Å². The van der Waals surface area contributed by atoms with Crippen LogP contribution in [0.25, 0.3) is 0 Å². The highest BCUT2D eigenvalue weighted by molar-refractivity contribution is 5.91. The van der Waals surface area contributed by atoms with E-state index in [1.165, 1.54) is 41.0 Å². The van der Waals surface area contributed by atoms with Crippen LogP contribution >= 0.6 is 0 Å². The average molecular weight is 409 g/mol. The quantitative estimate of drug-likeness (QED) is 0.782. The molecule has 156 valence electrons. The maximum atomic E-state index is 13.2. The number of rotatable bonds is 3. The molecule has 1 fully saturated rings. The zero-order valence-electron chi connectivity index (χ0n) is 16.2. The van der Waals surface area contributed by atoms with Gasteiger partial charge in [0, 0.05) is 46.7 Å². The van der Waals surface area contributed by atoms with E-state index in [1.807, 2.05) is 4.90 Å². The van der Waals surface area contributed by atoms with Crippen molar-refractivity contribution in [2.75, 3.05) is 38.1 Å². The minimum absolute atomic E-state index is 0.174. The molecule has 1 saturated heterocycles. The number of aromatic nitrogens is 2. The molecular weight excluding hydrogens is 387 g/mol. The highest BCUT2D eigenvalue weighted by Crippen LogP contribution is 2.32. The second-order valence-electron chi connectivity index (χ2n) is 6.92. The summed E-state index contributed by atoms with van der Waals surface area (Å²) in [5, 5.41) is 4.01. The number of piperazine rings is 1. The summed E-state index contributed by atoms with van der Waals surface area (Å²) in [5.74, 6) is -0.176. The van der Waals surface area contributed by atoms with Crippen LogP contribution in [-0.2, 0) is 17.5 Å². The van der Waals surface area contributed by atoms with Crippen LogP contribution in [-0.4, -0.2) is 64.7 Å². The van der Waals surface area contributed by atoms with Gasteiger partial charge in [-0.15, -0.1) is 0 Å². The van der Waals surface area contributed by atoms with Crippen LogP contribution in [0.3, 0.4) is 0 Å². The van der Waals surface area contributed by atoms with Crippen molar-refractivity contribution < 1.29 is 22.8 Å². The third-order valence-corrected chi connectivity index (χ3v) is 4.98. The van der Waals surface area contributed by atoms with Gasteiger partial charge in [0.1, 0.15) is 0 Å². The fourth-order valence-electron chi connectivity index (χ4n) is 3.19. The summed E-state index contributed by atoms with van der Waals surface area (Å²) in [6, 6.07) is 5.21. The number of alkyl halides is 3. The first kappa shape index (κ1) is 20.8. The Morgan fingerprint density at radius 3 is 2.41 bits per heavy atom. The SMILES string of the molecule is CC(=O)N(C)c1cnn(C(=O)N2CCN(Cc3ccccc3C(F)(F)F)CC2)c1. The van der Waals surface area contributed by atoms with Gasteiger partial charge < -0.3 is 9.80 Å². The number of carbonyl (C=O) groups is 2. The first-order chi connectivity index (χ1) is 13.7. The lowest BCUT2D eigenvalue weighted by Gasteiger charge is -2.34. The monoisotopic (exact) mass is 409 g/mol. The zero-order chi connectivity index (χ0) is 21.2. The summed E-state index contributed by atoms with van der Waals surface area (Å²) in [6.45, 7) is 3.26. The van der Waals surface area contributed by atoms with Crippen molar-refractivity contribution in [1.82, 2.24) is 19.6 Å². The standard InChI is InChI=1S/C19H22F3N5O2/c1-14(28)24(2)16-11-23-27(13-16)18(29)26-9-7-25(8-10-26)12-15-5-3-4-6-17(15)19(20,21)22/h3-6,11,13H,7-10,12H2,1-2H3. The average Bonchev–Trinajstić information content (AvgIpc) is 3.17. The molecule has 0 radical (unpaired) electrons. The second kappa shape index (κ2) is 8.24. The van der Waals surface area contributed by atoms with E-state index < -0.39 is 11.7 Å². The van der Waals surface area contributed by atoms with Crippen molar-refractivity contribution in [1.29, 1.82) is 0 Å². The van der Waals surface area contributed by atoms with Gasteiger partial charge in [0.25, 0.3) is 0 Å². The van der Waals surface area contributed by atoms with Crippen LogP contribution in [0.1, 0.15) is 18.1 Å². The maximum Gasteiger partial charge on any atom is 0.416 e. The molecule has 7 nitrogen and oxygen atoms in total. The molecule has 0 bridgehead atoms. The molecule has 2 heterocycles. The Morgan fingerprint density at radius 1 is 1.14 bits per heavy atom. The van der Waals surface area contributed by atoms with Crippen molar-refractivity contribution in [3.8, 4) is 0 Å². The highest BCUT2D eigenvalue weighted by Gasteiger charge is 2.33. The van der Waals surface area contributed by atoms with Gasteiger partial charge in [-0.25, -0.2) is 4.79 Å². The molecule has 1 aromatic carbocycles. The molecule has 1 aliphatic rings. The highest BCUT2D eigenvalue weighted by atomic mass is 19.4. The number of carbonyl (C=O) groups excluding carboxylic acids is 2. The Labute approximate surface area is 166 Å². The zero-order valence-corrected chi connectivity index (χ0v) is 16.2. The first-order valence-corrected chi connectivity index (χ1v) is 9.12. The van der Waals surface area contributed by atoms with Gasteiger partial charge in [0.2, 0.25) is 5.91 Å². The van der Waals surface area contributed by atoms with Gasteiger partial charge in [-0.2, -0.15) is 23.0 Å². The Balaban J connectivity index is 1.60. The Bertz CT molecular complexity index is 888. The number of nitrogens with zero attached hydrogens (tertiary/aromatic N) is 5. The van der Waals surface area contributed by atoms with Crippen LogP contribution in [0, 0.1) is 0 Å². The molecule has 10 heteroatoms. The Hall–Kier alpha value is -2.88. The molecule has 1 aromatic heterocycles. The predicted octanol–water partition coefficient (Wildman–Crippen LogP) is 2.67. The summed E-state index contributed by atoms with van der Waals surface area (Å²) >= 11 is 0. The van der Waals surface area contributed by atoms with Crippen LogP contribution in [0.4, 0.5) is 23.7 Å². The van der Waals surface area contributed by atoms with Crippen LogP contribution in [0.5, 0.6) is 0 Å². The number of anilines is 1. The molecule has 29 heavy (non-hydrogen) atoms. The molecule has 0 aliphatic carbocycles. The molecule has 0 atom stereocenters. The van der Waals surface area contributed by atoms with Gasteiger partial charge in [-0.3, -0.25) is 9.69 Å². The number of benzene rings is 1. The molecule has 0 unspecified atom stereocenters. The van der Waals surface area contributed by atoms with Crippen LogP contribution in [0.15, 0.2) is 36.7 Å². The summed E-state index contributed by atoms with van der Waals surface area (Å²) in [6.07, 6.45) is -1.47. The lowest BCUT2D eigenvalue weighted by molar-refractivity contribution is -0.138. The number of hydrogen-bond acceptors (Lipinski definition) is 4. The molecular formula is C19H22F3N5O2. The largest absolute Gasteiger partial charge is 0.416 e. The molecule has 2 amide bonds. The summed E-state index contributed by atoms with van der Waals surface area (Å²) in [5.41, 5.74) is 0.106. The van der Waals surface area contributed by atoms with E-state index in [1.54, 1.807) is 18.0 Å². The van der Waals surface area contributed by atoms with E-state index in [9.17, 15) is 22.8 Å². The van der Waals surface area contributed by atoms with Gasteiger partial charge in [0.15, 0.2) is 0 Å². The summed E-state index contributed by atoms with van der Waals surface area (Å²) < 4.78 is 40.7. The van der Waals surface area contributed by atoms with Crippen molar-refractivity contribution in [2.24, 2.45) is 0 Å². The number of hydrogen-bond donors (Lipinski definition) is 0. The summed E-state index contributed by atoms with van der Waals surface area (Å²) in [4.78, 5) is 28.9. The normalized spacial score (nSPS) is 15.4. The summed E-state index contributed by atoms with van der Waals surface area (Å²) in [7, 11) is 1.59. The fourth-order valence-corrected chi connectivity index (χ4v) is 3.19. The molecule has 1 aliphatic heterocycles.